The number of pyridine rings is 1. The van der Waals surface area contributed by atoms with Gasteiger partial charge in [0.2, 0.25) is 5.95 Å². The van der Waals surface area contributed by atoms with Crippen LogP contribution in [0.25, 0.3) is 0 Å². The van der Waals surface area contributed by atoms with Crippen LogP contribution in [0.15, 0.2) is 42.6 Å². The maximum absolute atomic E-state index is 13.6. The molecule has 0 amide bonds. The predicted molar refractivity (Wildman–Crippen MR) is 132 cm³/mol. The Morgan fingerprint density at radius 2 is 1.75 bits per heavy atom. The van der Waals surface area contributed by atoms with Crippen LogP contribution in [0.5, 0.6) is 0 Å². The van der Waals surface area contributed by atoms with Crippen molar-refractivity contribution in [1.29, 1.82) is 5.26 Å². The summed E-state index contributed by atoms with van der Waals surface area (Å²) in [5.41, 5.74) is 2.11. The molecule has 0 aliphatic carbocycles. The topological polar surface area (TPSA) is 82.2 Å². The first-order valence-electron chi connectivity index (χ1n) is 11.7. The van der Waals surface area contributed by atoms with Crippen LogP contribution in [0.3, 0.4) is 0 Å². The first kappa shape index (κ1) is 25.2. The first-order chi connectivity index (χ1) is 17.0. The lowest BCUT2D eigenvalue weighted by Crippen LogP contribution is -2.34. The molecule has 1 aromatic carbocycles. The third-order valence-electron chi connectivity index (χ3n) is 6.34. The van der Waals surface area contributed by atoms with Gasteiger partial charge in [0.15, 0.2) is 0 Å². The van der Waals surface area contributed by atoms with Gasteiger partial charge in [-0.3, -0.25) is 4.90 Å². The van der Waals surface area contributed by atoms with Crippen molar-refractivity contribution in [3.05, 3.63) is 65.0 Å². The average Bonchev–Trinajstić information content (AvgIpc) is 3.07. The second-order valence-electron chi connectivity index (χ2n) is 9.55. The Bertz CT molecular complexity index is 1280. The van der Waals surface area contributed by atoms with Crippen molar-refractivity contribution in [2.45, 2.75) is 38.3 Å². The molecular formula is C26H29F3N7+. The van der Waals surface area contributed by atoms with E-state index in [2.05, 4.69) is 16.4 Å². The molecule has 0 bridgehead atoms. The lowest BCUT2D eigenvalue weighted by atomic mass is 9.86. The lowest BCUT2D eigenvalue weighted by molar-refractivity contribution is -0.367. The molecule has 0 saturated heterocycles. The van der Waals surface area contributed by atoms with E-state index in [9.17, 15) is 18.4 Å². The molecule has 0 spiro atoms. The van der Waals surface area contributed by atoms with Crippen LogP contribution in [-0.2, 0) is 24.4 Å². The highest BCUT2D eigenvalue weighted by atomic mass is 19.4. The van der Waals surface area contributed by atoms with Gasteiger partial charge >= 0.3 is 6.18 Å². The van der Waals surface area contributed by atoms with Crippen LogP contribution in [0.2, 0.25) is 0 Å². The normalized spacial score (nSPS) is 14.0. The third-order valence-corrected chi connectivity index (χ3v) is 6.34. The highest BCUT2D eigenvalue weighted by Gasteiger charge is 2.39. The smallest absolute Gasteiger partial charge is 0.347 e. The van der Waals surface area contributed by atoms with Gasteiger partial charge < -0.3 is 10.2 Å². The van der Waals surface area contributed by atoms with Crippen LogP contribution in [0.1, 0.15) is 36.2 Å². The number of benzene rings is 1. The number of nitrogens with one attached hydrogen (secondary N) is 2. The summed E-state index contributed by atoms with van der Waals surface area (Å²) < 4.78 is 40.9. The van der Waals surface area contributed by atoms with E-state index in [1.807, 2.05) is 52.2 Å². The molecule has 2 N–H and O–H groups in total. The number of nitrogens with zero attached hydrogens (tertiary/aromatic N) is 5. The summed E-state index contributed by atoms with van der Waals surface area (Å²) in [6.45, 7) is 4.50. The van der Waals surface area contributed by atoms with Crippen molar-refractivity contribution in [1.82, 2.24) is 9.97 Å². The van der Waals surface area contributed by atoms with Crippen LogP contribution in [0, 0.1) is 11.3 Å². The van der Waals surface area contributed by atoms with E-state index in [0.29, 0.717) is 37.7 Å². The number of anilines is 4. The van der Waals surface area contributed by atoms with E-state index in [-0.39, 0.29) is 5.82 Å². The van der Waals surface area contributed by atoms with Crippen molar-refractivity contribution in [2.24, 2.45) is 0 Å². The fourth-order valence-electron chi connectivity index (χ4n) is 4.20. The lowest BCUT2D eigenvalue weighted by Gasteiger charge is -2.19. The van der Waals surface area contributed by atoms with Gasteiger partial charge in [0.1, 0.15) is 11.4 Å². The van der Waals surface area contributed by atoms with E-state index in [1.165, 1.54) is 12.3 Å². The number of H-pyrrole nitrogens is 1. The quantitative estimate of drug-likeness (QED) is 0.559. The molecule has 10 heteroatoms. The Hall–Kier alpha value is -3.87. The van der Waals surface area contributed by atoms with Gasteiger partial charge in [0.25, 0.3) is 5.82 Å². The number of fused-ring (bicyclic) bond motifs is 1. The Morgan fingerprint density at radius 3 is 2.39 bits per heavy atom. The molecule has 4 rings (SSSR count). The molecule has 0 saturated carbocycles. The standard InChI is InChI=1S/C26H28F3N7/c1-25(2,16-30)17-7-9-18(10-8-17)32-22-19-11-14-36(15-12-21(19)33-24(34-22)35(3)4)23-20(26(27,28)29)6-5-13-31-23/h5-10,13H,11-12,14-15H2,1-4H3,(H,32,33,34)/p+1. The van der Waals surface area contributed by atoms with Gasteiger partial charge in [0.05, 0.1) is 36.5 Å². The summed E-state index contributed by atoms with van der Waals surface area (Å²) in [6, 6.07) is 12.4. The van der Waals surface area contributed by atoms with Crippen molar-refractivity contribution in [2.75, 3.05) is 42.3 Å². The number of aromatic amines is 1. The Morgan fingerprint density at radius 1 is 1.06 bits per heavy atom. The van der Waals surface area contributed by atoms with E-state index in [4.69, 9.17) is 9.97 Å². The summed E-state index contributed by atoms with van der Waals surface area (Å²) in [5, 5.41) is 12.8. The summed E-state index contributed by atoms with van der Waals surface area (Å²) in [7, 11) is 3.70. The molecule has 2 aromatic heterocycles. The largest absolute Gasteiger partial charge is 0.424 e. The molecule has 0 fully saturated rings. The maximum Gasteiger partial charge on any atom is 0.424 e. The second kappa shape index (κ2) is 9.64. The van der Waals surface area contributed by atoms with Crippen molar-refractivity contribution < 1.29 is 18.2 Å². The summed E-state index contributed by atoms with van der Waals surface area (Å²) >= 11 is 0. The zero-order valence-corrected chi connectivity index (χ0v) is 20.7. The van der Waals surface area contributed by atoms with Crippen LogP contribution in [-0.4, -0.2) is 37.2 Å². The number of hydrogen-bond donors (Lipinski definition) is 1. The number of aromatic nitrogens is 3. The molecule has 1 aliphatic heterocycles. The van der Waals surface area contributed by atoms with Gasteiger partial charge in [-0.2, -0.15) is 23.4 Å². The van der Waals surface area contributed by atoms with Crippen LogP contribution < -0.4 is 20.1 Å². The number of rotatable bonds is 5. The zero-order valence-electron chi connectivity index (χ0n) is 20.7. The summed E-state index contributed by atoms with van der Waals surface area (Å²) in [4.78, 5) is 15.7. The minimum Gasteiger partial charge on any atom is -0.347 e. The fraction of sp³-hybridized carbons (Fsp3) is 0.385. The van der Waals surface area contributed by atoms with Gasteiger partial charge in [-0.25, -0.2) is 9.97 Å². The zero-order chi connectivity index (χ0) is 26.1. The van der Waals surface area contributed by atoms with E-state index in [1.54, 1.807) is 9.80 Å². The number of halogens is 3. The highest BCUT2D eigenvalue weighted by molar-refractivity contribution is 5.63. The van der Waals surface area contributed by atoms with Gasteiger partial charge in [-0.05, 0) is 43.7 Å². The minimum atomic E-state index is -4.46. The fourth-order valence-corrected chi connectivity index (χ4v) is 4.20. The van der Waals surface area contributed by atoms with Crippen molar-refractivity contribution >= 4 is 23.3 Å². The predicted octanol–water partition coefficient (Wildman–Crippen LogP) is 4.53. The van der Waals surface area contributed by atoms with Crippen molar-refractivity contribution in [3.8, 4) is 6.07 Å². The molecule has 0 radical (unpaired) electrons. The van der Waals surface area contributed by atoms with Gasteiger partial charge in [-0.15, -0.1) is 0 Å². The van der Waals surface area contributed by atoms with Gasteiger partial charge in [0, 0.05) is 38.2 Å². The highest BCUT2D eigenvalue weighted by Crippen LogP contribution is 2.35. The molecule has 3 aromatic rings. The van der Waals surface area contributed by atoms with E-state index >= 15 is 0 Å². The Labute approximate surface area is 208 Å². The summed E-state index contributed by atoms with van der Waals surface area (Å²) in [6.07, 6.45) is -1.99. The second-order valence-corrected chi connectivity index (χ2v) is 9.55. The molecule has 3 heterocycles. The van der Waals surface area contributed by atoms with E-state index < -0.39 is 17.2 Å². The van der Waals surface area contributed by atoms with Crippen molar-refractivity contribution in [3.63, 3.8) is 0 Å². The number of hydrogen-bond acceptors (Lipinski definition) is 6. The summed E-state index contributed by atoms with van der Waals surface area (Å²) in [5.74, 6) is 1.21. The Balaban J connectivity index is 1.66. The molecular weight excluding hydrogens is 467 g/mol. The van der Waals surface area contributed by atoms with Crippen LogP contribution >= 0.6 is 0 Å². The van der Waals surface area contributed by atoms with E-state index in [0.717, 1.165) is 28.6 Å². The number of nitriles is 1. The Kier molecular flexibility index (Phi) is 6.76. The SMILES string of the molecule is CN(C)c1nc2c(c(Nc3ccc(C(C)(C)C#N)cc3)n1)CCN(c1[nH+]cccc1C(F)(F)F)CC2. The molecule has 7 nitrogen and oxygen atoms in total. The monoisotopic (exact) mass is 496 g/mol. The average molecular weight is 497 g/mol. The minimum absolute atomic E-state index is 0.0591. The molecule has 1 aliphatic rings. The van der Waals surface area contributed by atoms with Gasteiger partial charge in [-0.1, -0.05) is 12.1 Å². The molecule has 0 unspecified atom stereocenters. The maximum atomic E-state index is 13.6. The molecule has 36 heavy (non-hydrogen) atoms. The number of alkyl halides is 3. The first-order valence-corrected chi connectivity index (χ1v) is 11.7. The molecule has 0 atom stereocenters. The van der Waals surface area contributed by atoms with Crippen LogP contribution in [0.4, 0.5) is 36.4 Å². The third kappa shape index (κ3) is 5.20. The molecule has 188 valence electrons.